The molecule has 2 aliphatic heterocycles. The van der Waals surface area contributed by atoms with Crippen LogP contribution < -0.4 is 5.32 Å². The van der Waals surface area contributed by atoms with Crippen LogP contribution in [0.15, 0.2) is 0 Å². The Balaban J connectivity index is 1.86. The average Bonchev–Trinajstić information content (AvgIpc) is 2.87. The van der Waals surface area contributed by atoms with Gasteiger partial charge in [0.25, 0.3) is 0 Å². The number of nitrogens with one attached hydrogen (secondary N) is 1. The van der Waals surface area contributed by atoms with Crippen molar-refractivity contribution in [1.82, 2.24) is 10.2 Å². The molecule has 0 aromatic rings. The van der Waals surface area contributed by atoms with Gasteiger partial charge in [0.1, 0.15) is 0 Å². The van der Waals surface area contributed by atoms with Crippen LogP contribution in [0.1, 0.15) is 38.5 Å². The van der Waals surface area contributed by atoms with E-state index in [0.717, 1.165) is 38.8 Å². The SMILES string of the molecule is O=C(O)CC1CCCN1C(=O)CC1CCCN1. The molecule has 0 bridgehead atoms. The van der Waals surface area contributed by atoms with Gasteiger partial charge in [-0.3, -0.25) is 9.59 Å². The standard InChI is InChI=1S/C12H20N2O3/c15-11(7-9-3-1-5-13-9)14-6-2-4-10(14)8-12(16)17/h9-10,13H,1-8H2,(H,16,17). The van der Waals surface area contributed by atoms with E-state index < -0.39 is 5.97 Å². The molecule has 1 amide bonds. The third-order valence-corrected chi connectivity index (χ3v) is 3.69. The number of aliphatic carboxylic acids is 1. The lowest BCUT2D eigenvalue weighted by atomic mass is 10.1. The lowest BCUT2D eigenvalue weighted by Crippen LogP contribution is -2.39. The van der Waals surface area contributed by atoms with Crippen molar-refractivity contribution in [3.05, 3.63) is 0 Å². The maximum atomic E-state index is 12.1. The number of carboxylic acid groups (broad SMARTS) is 1. The molecule has 0 saturated carbocycles. The average molecular weight is 240 g/mol. The first kappa shape index (κ1) is 12.4. The number of hydrogen-bond donors (Lipinski definition) is 2. The van der Waals surface area contributed by atoms with Crippen LogP contribution >= 0.6 is 0 Å². The highest BCUT2D eigenvalue weighted by Crippen LogP contribution is 2.22. The summed E-state index contributed by atoms with van der Waals surface area (Å²) in [5.41, 5.74) is 0. The minimum absolute atomic E-state index is 0.0820. The number of hydrogen-bond acceptors (Lipinski definition) is 3. The molecule has 0 aliphatic carbocycles. The molecule has 2 aliphatic rings. The number of carboxylic acids is 1. The summed E-state index contributed by atoms with van der Waals surface area (Å²) >= 11 is 0. The van der Waals surface area contributed by atoms with E-state index in [2.05, 4.69) is 5.32 Å². The molecule has 2 saturated heterocycles. The minimum Gasteiger partial charge on any atom is -0.481 e. The fraction of sp³-hybridized carbons (Fsp3) is 0.833. The van der Waals surface area contributed by atoms with Crippen LogP contribution in [0.25, 0.3) is 0 Å². The number of rotatable bonds is 4. The minimum atomic E-state index is -0.811. The second kappa shape index (κ2) is 5.49. The lowest BCUT2D eigenvalue weighted by molar-refractivity contribution is -0.140. The van der Waals surface area contributed by atoms with Crippen LogP contribution in [0, 0.1) is 0 Å². The molecular formula is C12H20N2O3. The number of amides is 1. The van der Waals surface area contributed by atoms with Crippen LogP contribution in [-0.2, 0) is 9.59 Å². The highest BCUT2D eigenvalue weighted by atomic mass is 16.4. The van der Waals surface area contributed by atoms with Gasteiger partial charge in [-0.2, -0.15) is 0 Å². The third kappa shape index (κ3) is 3.19. The number of likely N-dealkylation sites (tertiary alicyclic amines) is 1. The summed E-state index contributed by atoms with van der Waals surface area (Å²) < 4.78 is 0. The quantitative estimate of drug-likeness (QED) is 0.754. The molecule has 2 heterocycles. The van der Waals surface area contributed by atoms with Crippen LogP contribution in [0.2, 0.25) is 0 Å². The van der Waals surface area contributed by atoms with Crippen molar-refractivity contribution in [2.24, 2.45) is 0 Å². The van der Waals surface area contributed by atoms with E-state index in [1.165, 1.54) is 0 Å². The molecule has 96 valence electrons. The summed E-state index contributed by atoms with van der Waals surface area (Å²) in [4.78, 5) is 24.6. The van der Waals surface area contributed by atoms with Gasteiger partial charge in [-0.05, 0) is 32.2 Å². The van der Waals surface area contributed by atoms with E-state index in [4.69, 9.17) is 5.11 Å². The summed E-state index contributed by atoms with van der Waals surface area (Å²) in [5.74, 6) is -0.693. The zero-order valence-corrected chi connectivity index (χ0v) is 10.0. The van der Waals surface area contributed by atoms with Gasteiger partial charge in [0.05, 0.1) is 6.42 Å². The summed E-state index contributed by atoms with van der Waals surface area (Å²) in [6, 6.07) is 0.218. The molecule has 0 radical (unpaired) electrons. The monoisotopic (exact) mass is 240 g/mol. The van der Waals surface area contributed by atoms with Crippen molar-refractivity contribution in [3.8, 4) is 0 Å². The Morgan fingerprint density at radius 3 is 2.71 bits per heavy atom. The number of nitrogens with zero attached hydrogens (tertiary/aromatic N) is 1. The Kier molecular flexibility index (Phi) is 3.99. The van der Waals surface area contributed by atoms with Crippen LogP contribution in [0.5, 0.6) is 0 Å². The van der Waals surface area contributed by atoms with Crippen molar-refractivity contribution in [2.75, 3.05) is 13.1 Å². The first-order valence-electron chi connectivity index (χ1n) is 6.41. The molecule has 2 fully saturated rings. The van der Waals surface area contributed by atoms with Gasteiger partial charge >= 0.3 is 5.97 Å². The molecule has 2 atom stereocenters. The van der Waals surface area contributed by atoms with Gasteiger partial charge in [-0.25, -0.2) is 0 Å². The molecule has 17 heavy (non-hydrogen) atoms. The molecule has 0 aromatic heterocycles. The van der Waals surface area contributed by atoms with E-state index in [1.807, 2.05) is 0 Å². The van der Waals surface area contributed by atoms with Gasteiger partial charge in [0.2, 0.25) is 5.91 Å². The van der Waals surface area contributed by atoms with Crippen LogP contribution in [-0.4, -0.2) is 47.1 Å². The Morgan fingerprint density at radius 1 is 1.24 bits per heavy atom. The Labute approximate surface area is 101 Å². The summed E-state index contributed by atoms with van der Waals surface area (Å²) in [6.07, 6.45) is 4.57. The smallest absolute Gasteiger partial charge is 0.305 e. The van der Waals surface area contributed by atoms with Gasteiger partial charge in [-0.1, -0.05) is 0 Å². The number of carbonyl (C=O) groups is 2. The Bertz CT molecular complexity index is 300. The highest BCUT2D eigenvalue weighted by Gasteiger charge is 2.31. The van der Waals surface area contributed by atoms with Gasteiger partial charge < -0.3 is 15.3 Å². The summed E-state index contributed by atoms with van der Waals surface area (Å²) in [7, 11) is 0. The molecule has 0 aromatic carbocycles. The molecule has 2 rings (SSSR count). The van der Waals surface area contributed by atoms with Crippen molar-refractivity contribution in [3.63, 3.8) is 0 Å². The van der Waals surface area contributed by atoms with E-state index in [0.29, 0.717) is 12.5 Å². The Morgan fingerprint density at radius 2 is 2.06 bits per heavy atom. The fourth-order valence-electron chi connectivity index (χ4n) is 2.84. The van der Waals surface area contributed by atoms with Crippen molar-refractivity contribution >= 4 is 11.9 Å². The van der Waals surface area contributed by atoms with E-state index in [9.17, 15) is 9.59 Å². The first-order valence-corrected chi connectivity index (χ1v) is 6.41. The number of carbonyl (C=O) groups excluding carboxylic acids is 1. The second-order valence-corrected chi connectivity index (χ2v) is 4.98. The maximum Gasteiger partial charge on any atom is 0.305 e. The topological polar surface area (TPSA) is 69.6 Å². The summed E-state index contributed by atoms with van der Waals surface area (Å²) in [6.45, 7) is 1.72. The predicted octanol–water partition coefficient (Wildman–Crippen LogP) is 0.594. The van der Waals surface area contributed by atoms with Crippen molar-refractivity contribution in [1.29, 1.82) is 0 Å². The van der Waals surface area contributed by atoms with E-state index in [-0.39, 0.29) is 18.4 Å². The lowest BCUT2D eigenvalue weighted by Gasteiger charge is -2.25. The van der Waals surface area contributed by atoms with Crippen molar-refractivity contribution in [2.45, 2.75) is 50.6 Å². The molecule has 5 nitrogen and oxygen atoms in total. The fourth-order valence-corrected chi connectivity index (χ4v) is 2.84. The third-order valence-electron chi connectivity index (χ3n) is 3.69. The Hall–Kier alpha value is -1.10. The summed E-state index contributed by atoms with van der Waals surface area (Å²) in [5, 5.41) is 12.1. The van der Waals surface area contributed by atoms with E-state index in [1.54, 1.807) is 4.90 Å². The largest absolute Gasteiger partial charge is 0.481 e. The second-order valence-electron chi connectivity index (χ2n) is 4.98. The van der Waals surface area contributed by atoms with Gasteiger partial charge in [0.15, 0.2) is 0 Å². The van der Waals surface area contributed by atoms with Crippen LogP contribution in [0.3, 0.4) is 0 Å². The van der Waals surface area contributed by atoms with Crippen LogP contribution in [0.4, 0.5) is 0 Å². The van der Waals surface area contributed by atoms with E-state index >= 15 is 0 Å². The first-order chi connectivity index (χ1) is 8.16. The zero-order chi connectivity index (χ0) is 12.3. The van der Waals surface area contributed by atoms with Gasteiger partial charge in [-0.15, -0.1) is 0 Å². The normalized spacial score (nSPS) is 28.6. The molecular weight excluding hydrogens is 220 g/mol. The zero-order valence-electron chi connectivity index (χ0n) is 10.0. The van der Waals surface area contributed by atoms with Gasteiger partial charge in [0, 0.05) is 25.0 Å². The maximum absolute atomic E-state index is 12.1. The molecule has 2 unspecified atom stereocenters. The highest BCUT2D eigenvalue weighted by molar-refractivity contribution is 5.78. The molecule has 0 spiro atoms. The molecule has 5 heteroatoms. The molecule has 2 N–H and O–H groups in total. The predicted molar refractivity (Wildman–Crippen MR) is 62.6 cm³/mol. The van der Waals surface area contributed by atoms with Crippen molar-refractivity contribution < 1.29 is 14.7 Å².